The summed E-state index contributed by atoms with van der Waals surface area (Å²) >= 11 is 1.29. The fraction of sp³-hybridized carbons (Fsp3) is 0.318. The highest BCUT2D eigenvalue weighted by atomic mass is 32.2. The minimum atomic E-state index is -3.88. The van der Waals surface area contributed by atoms with Gasteiger partial charge >= 0.3 is 5.97 Å². The predicted octanol–water partition coefficient (Wildman–Crippen LogP) is 2.10. The second kappa shape index (κ2) is 10.3. The normalized spacial score (nSPS) is 14.1. The largest absolute Gasteiger partial charge is 0.452 e. The fourth-order valence-corrected chi connectivity index (χ4v) is 5.36. The van der Waals surface area contributed by atoms with Gasteiger partial charge in [0.25, 0.3) is 11.8 Å². The van der Waals surface area contributed by atoms with Gasteiger partial charge in [0.1, 0.15) is 11.5 Å². The van der Waals surface area contributed by atoms with E-state index in [1.807, 2.05) is 19.1 Å². The van der Waals surface area contributed by atoms with Crippen LogP contribution in [-0.4, -0.2) is 38.9 Å². The van der Waals surface area contributed by atoms with Crippen molar-refractivity contribution in [3.8, 4) is 0 Å². The maximum absolute atomic E-state index is 12.5. The zero-order chi connectivity index (χ0) is 24.2. The number of ether oxygens (including phenoxy) is 1. The summed E-state index contributed by atoms with van der Waals surface area (Å²) < 4.78 is 31.3. The lowest BCUT2D eigenvalue weighted by Crippen LogP contribution is -2.35. The minimum absolute atomic E-state index is 0.299. The van der Waals surface area contributed by atoms with Gasteiger partial charge in [-0.2, -0.15) is 0 Å². The van der Waals surface area contributed by atoms with Crippen molar-refractivity contribution in [3.05, 3.63) is 56.8 Å². The molecule has 0 radical (unpaired) electrons. The quantitative estimate of drug-likeness (QED) is 0.458. The van der Waals surface area contributed by atoms with Gasteiger partial charge in [0, 0.05) is 10.3 Å². The first-order valence-corrected chi connectivity index (χ1v) is 12.6. The molecular formula is C22H25N3O6S2. The molecule has 0 saturated carbocycles. The van der Waals surface area contributed by atoms with Crippen LogP contribution < -0.4 is 15.8 Å². The number of fused-ring (bicyclic) bond motifs is 1. The Kier molecular flexibility index (Phi) is 7.67. The van der Waals surface area contributed by atoms with Crippen LogP contribution in [0.1, 0.15) is 45.3 Å². The zero-order valence-corrected chi connectivity index (χ0v) is 19.8. The number of esters is 1. The molecule has 1 aliphatic carbocycles. The molecule has 0 bridgehead atoms. The van der Waals surface area contributed by atoms with Crippen molar-refractivity contribution < 1.29 is 27.5 Å². The van der Waals surface area contributed by atoms with E-state index in [-0.39, 0.29) is 0 Å². The van der Waals surface area contributed by atoms with E-state index in [1.54, 1.807) is 12.1 Å². The highest BCUT2D eigenvalue weighted by Gasteiger charge is 2.28. The number of amides is 2. The van der Waals surface area contributed by atoms with E-state index in [9.17, 15) is 22.8 Å². The molecule has 2 amide bonds. The van der Waals surface area contributed by atoms with Gasteiger partial charge in [-0.05, 0) is 50.3 Å². The van der Waals surface area contributed by atoms with Crippen molar-refractivity contribution in [2.75, 3.05) is 11.9 Å². The highest BCUT2D eigenvalue weighted by Crippen LogP contribution is 2.38. The van der Waals surface area contributed by atoms with E-state index in [2.05, 4.69) is 10.0 Å². The Hall–Kier alpha value is -3.02. The number of carbonyl (C=O) groups is 3. The van der Waals surface area contributed by atoms with Crippen LogP contribution in [0.25, 0.3) is 6.08 Å². The molecule has 0 fully saturated rings. The van der Waals surface area contributed by atoms with E-state index < -0.39 is 40.5 Å². The van der Waals surface area contributed by atoms with Crippen LogP contribution in [-0.2, 0) is 37.2 Å². The third kappa shape index (κ3) is 6.50. The van der Waals surface area contributed by atoms with Gasteiger partial charge in [-0.25, -0.2) is 13.1 Å². The fourth-order valence-electron chi connectivity index (χ4n) is 3.31. The Morgan fingerprint density at radius 3 is 2.58 bits per heavy atom. The summed E-state index contributed by atoms with van der Waals surface area (Å²) in [6.07, 6.45) is 2.67. The average Bonchev–Trinajstić information content (AvgIpc) is 3.32. The van der Waals surface area contributed by atoms with Crippen LogP contribution in [0, 0.1) is 6.92 Å². The van der Waals surface area contributed by atoms with E-state index in [0.29, 0.717) is 16.1 Å². The SMILES string of the molecule is Cc1ccc(/C=C/S(=O)(=O)NCC(=O)OC(C)C(=O)Nc2sc3c(c2C(N)=O)CCC3)cc1. The number of sulfonamides is 1. The Bertz CT molecular complexity index is 1200. The zero-order valence-electron chi connectivity index (χ0n) is 18.2. The molecule has 0 saturated heterocycles. The summed E-state index contributed by atoms with van der Waals surface area (Å²) in [6.45, 7) is 2.63. The van der Waals surface area contributed by atoms with Crippen molar-refractivity contribution in [2.24, 2.45) is 5.73 Å². The summed E-state index contributed by atoms with van der Waals surface area (Å²) in [7, 11) is -3.88. The van der Waals surface area contributed by atoms with Crippen molar-refractivity contribution in [3.63, 3.8) is 0 Å². The van der Waals surface area contributed by atoms with Crippen LogP contribution in [0.2, 0.25) is 0 Å². The van der Waals surface area contributed by atoms with Gasteiger partial charge < -0.3 is 15.8 Å². The molecule has 2 aromatic rings. The molecule has 1 aromatic carbocycles. The third-order valence-electron chi connectivity index (χ3n) is 5.02. The monoisotopic (exact) mass is 491 g/mol. The molecule has 1 aromatic heterocycles. The average molecular weight is 492 g/mol. The predicted molar refractivity (Wildman–Crippen MR) is 126 cm³/mol. The smallest absolute Gasteiger partial charge is 0.321 e. The lowest BCUT2D eigenvalue weighted by Gasteiger charge is -2.13. The molecule has 1 unspecified atom stereocenters. The van der Waals surface area contributed by atoms with Gasteiger partial charge in [0.2, 0.25) is 10.0 Å². The molecule has 4 N–H and O–H groups in total. The molecule has 1 aliphatic rings. The number of hydrogen-bond donors (Lipinski definition) is 3. The van der Waals surface area contributed by atoms with Crippen molar-refractivity contribution >= 4 is 50.2 Å². The van der Waals surface area contributed by atoms with Crippen molar-refractivity contribution in [1.29, 1.82) is 0 Å². The molecule has 0 aliphatic heterocycles. The number of rotatable bonds is 9. The number of anilines is 1. The second-order valence-electron chi connectivity index (χ2n) is 7.63. The summed E-state index contributed by atoms with van der Waals surface area (Å²) in [5.74, 6) is -2.19. The summed E-state index contributed by atoms with van der Waals surface area (Å²) in [6, 6.07) is 7.23. The van der Waals surface area contributed by atoms with Crippen molar-refractivity contribution in [2.45, 2.75) is 39.2 Å². The van der Waals surface area contributed by atoms with Gasteiger partial charge in [-0.3, -0.25) is 14.4 Å². The minimum Gasteiger partial charge on any atom is -0.452 e. The maximum Gasteiger partial charge on any atom is 0.321 e. The first kappa shape index (κ1) is 24.6. The third-order valence-corrected chi connectivity index (χ3v) is 7.26. The second-order valence-corrected chi connectivity index (χ2v) is 10.4. The van der Waals surface area contributed by atoms with Crippen LogP contribution in [0.4, 0.5) is 5.00 Å². The summed E-state index contributed by atoms with van der Waals surface area (Å²) in [5, 5.41) is 3.87. The topological polar surface area (TPSA) is 145 Å². The van der Waals surface area contributed by atoms with Crippen LogP contribution in [0.15, 0.2) is 29.7 Å². The molecule has 11 heteroatoms. The molecule has 33 heavy (non-hydrogen) atoms. The first-order valence-electron chi connectivity index (χ1n) is 10.2. The van der Waals surface area contributed by atoms with E-state index >= 15 is 0 Å². The maximum atomic E-state index is 12.5. The standard InChI is InChI=1S/C22H25N3O6S2/c1-13-6-8-15(9-7-13)10-11-33(29,30)24-12-18(26)31-14(2)21(28)25-22-19(20(23)27)16-4-3-5-17(16)32-22/h6-11,14,24H,3-5,12H2,1-2H3,(H2,23,27)(H,25,28)/b11-10+. The lowest BCUT2D eigenvalue weighted by atomic mass is 10.1. The number of hydrogen-bond acceptors (Lipinski definition) is 7. The highest BCUT2D eigenvalue weighted by molar-refractivity contribution is 7.92. The molecule has 176 valence electrons. The van der Waals surface area contributed by atoms with Crippen molar-refractivity contribution in [1.82, 2.24) is 4.72 Å². The lowest BCUT2D eigenvalue weighted by molar-refractivity contribution is -0.151. The van der Waals surface area contributed by atoms with Crippen LogP contribution in [0.3, 0.4) is 0 Å². The molecule has 0 spiro atoms. The Labute approximate surface area is 196 Å². The molecule has 3 rings (SSSR count). The Morgan fingerprint density at radius 2 is 1.91 bits per heavy atom. The summed E-state index contributed by atoms with van der Waals surface area (Å²) in [5.41, 5.74) is 8.37. The van der Waals surface area contributed by atoms with E-state index in [1.165, 1.54) is 24.3 Å². The Morgan fingerprint density at radius 1 is 1.21 bits per heavy atom. The summed E-state index contributed by atoms with van der Waals surface area (Å²) in [4.78, 5) is 37.3. The number of thiophene rings is 1. The van der Waals surface area contributed by atoms with Gasteiger partial charge in [-0.1, -0.05) is 29.8 Å². The Balaban J connectivity index is 1.52. The van der Waals surface area contributed by atoms with Gasteiger partial charge in [0.05, 0.1) is 5.56 Å². The van der Waals surface area contributed by atoms with Crippen LogP contribution >= 0.6 is 11.3 Å². The van der Waals surface area contributed by atoms with Gasteiger partial charge in [-0.15, -0.1) is 11.3 Å². The number of primary amides is 1. The van der Waals surface area contributed by atoms with Gasteiger partial charge in [0.15, 0.2) is 6.10 Å². The number of nitrogens with one attached hydrogen (secondary N) is 2. The molecule has 1 heterocycles. The van der Waals surface area contributed by atoms with E-state index in [0.717, 1.165) is 40.7 Å². The molecule has 1 atom stereocenters. The number of nitrogens with two attached hydrogens (primary N) is 1. The first-order chi connectivity index (χ1) is 15.6. The number of carbonyl (C=O) groups excluding carboxylic acids is 3. The molecular weight excluding hydrogens is 466 g/mol. The van der Waals surface area contributed by atoms with Crippen LogP contribution in [0.5, 0.6) is 0 Å². The number of benzene rings is 1. The number of aryl methyl sites for hydroxylation is 2. The van der Waals surface area contributed by atoms with E-state index in [4.69, 9.17) is 10.5 Å². The molecule has 9 nitrogen and oxygen atoms in total.